The highest BCUT2D eigenvalue weighted by Crippen LogP contribution is 2.32. The molecule has 3 aromatic heterocycles. The van der Waals surface area contributed by atoms with Gasteiger partial charge in [0.25, 0.3) is 0 Å². The van der Waals surface area contributed by atoms with E-state index in [-0.39, 0.29) is 24.5 Å². The number of nitrogens with two attached hydrogens (primary N) is 1. The van der Waals surface area contributed by atoms with Gasteiger partial charge in [-0.3, -0.25) is 9.67 Å². The number of ether oxygens (including phenoxy) is 2. The van der Waals surface area contributed by atoms with Crippen LogP contribution in [0.3, 0.4) is 0 Å². The zero-order valence-electron chi connectivity index (χ0n) is 20.6. The van der Waals surface area contributed by atoms with E-state index in [0.717, 1.165) is 11.1 Å². The van der Waals surface area contributed by atoms with Crippen LogP contribution in [0.15, 0.2) is 67.1 Å². The minimum Gasteiger partial charge on any atom is -0.494 e. The van der Waals surface area contributed by atoms with Gasteiger partial charge in [0.15, 0.2) is 17.4 Å². The van der Waals surface area contributed by atoms with E-state index in [1.54, 1.807) is 37.6 Å². The third-order valence-corrected chi connectivity index (χ3v) is 5.68. The summed E-state index contributed by atoms with van der Waals surface area (Å²) < 4.78 is 42.2. The third kappa shape index (κ3) is 5.23. The van der Waals surface area contributed by atoms with Crippen LogP contribution in [-0.4, -0.2) is 44.5 Å². The predicted molar refractivity (Wildman–Crippen MR) is 139 cm³/mol. The van der Waals surface area contributed by atoms with E-state index in [9.17, 15) is 8.78 Å². The smallest absolute Gasteiger partial charge is 0.183 e. The first-order valence-corrected chi connectivity index (χ1v) is 12.0. The van der Waals surface area contributed by atoms with Crippen molar-refractivity contribution in [2.75, 3.05) is 25.1 Å². The Morgan fingerprint density at radius 1 is 1.03 bits per heavy atom. The number of pyridine rings is 1. The normalized spacial score (nSPS) is 11.1. The molecule has 0 aliphatic heterocycles. The number of para-hydroxylation sites is 1. The lowest BCUT2D eigenvalue weighted by Gasteiger charge is -2.12. The summed E-state index contributed by atoms with van der Waals surface area (Å²) in [6, 6.07) is 13.3. The molecular weight excluding hydrogens is 492 g/mol. The molecule has 0 saturated carbocycles. The Bertz CT molecular complexity index is 1540. The highest BCUT2D eigenvalue weighted by atomic mass is 19.1. The highest BCUT2D eigenvalue weighted by Gasteiger charge is 2.20. The summed E-state index contributed by atoms with van der Waals surface area (Å²) in [5.74, 6) is -0.150. The van der Waals surface area contributed by atoms with Gasteiger partial charge < -0.3 is 20.5 Å². The zero-order chi connectivity index (χ0) is 26.5. The van der Waals surface area contributed by atoms with E-state index < -0.39 is 11.6 Å². The Hall–Kier alpha value is -4.64. The van der Waals surface area contributed by atoms with Crippen LogP contribution in [0.1, 0.15) is 12.5 Å². The van der Waals surface area contributed by atoms with Crippen LogP contribution >= 0.6 is 0 Å². The molecule has 38 heavy (non-hydrogen) atoms. The van der Waals surface area contributed by atoms with E-state index in [1.807, 2.05) is 24.3 Å². The van der Waals surface area contributed by atoms with Crippen LogP contribution in [0.2, 0.25) is 0 Å². The summed E-state index contributed by atoms with van der Waals surface area (Å²) >= 11 is 0. The van der Waals surface area contributed by atoms with Gasteiger partial charge in [0.2, 0.25) is 0 Å². The SMILES string of the molecule is CCOc1cc(F)c(Cn2nc(-c3ncc(OCCN)c(Nc4ccncc4)n3)c3ccccc32)c(F)c1. The zero-order valence-corrected chi connectivity index (χ0v) is 20.6. The van der Waals surface area contributed by atoms with Crippen molar-refractivity contribution < 1.29 is 18.3 Å². The predicted octanol–water partition coefficient (Wildman–Crippen LogP) is 4.69. The van der Waals surface area contributed by atoms with Gasteiger partial charge in [-0.2, -0.15) is 5.10 Å². The first-order valence-electron chi connectivity index (χ1n) is 12.0. The standard InChI is InChI=1S/C27H25F2N7O2/c1-2-37-18-13-21(28)20(22(29)14-18)16-36-23-6-4-3-5-19(23)25(35-36)27-32-15-24(38-12-9-30)26(34-27)33-17-7-10-31-11-8-17/h3-8,10-11,13-15H,2,9,12,16,30H2,1H3,(H,31,32,33,34). The largest absolute Gasteiger partial charge is 0.494 e. The average molecular weight is 518 g/mol. The number of hydrogen-bond acceptors (Lipinski definition) is 8. The lowest BCUT2D eigenvalue weighted by atomic mass is 10.1. The molecule has 9 nitrogen and oxygen atoms in total. The van der Waals surface area contributed by atoms with Crippen LogP contribution in [0.25, 0.3) is 22.4 Å². The molecule has 3 heterocycles. The average Bonchev–Trinajstić information content (AvgIpc) is 3.29. The second-order valence-electron chi connectivity index (χ2n) is 8.23. The van der Waals surface area contributed by atoms with Crippen LogP contribution in [0.4, 0.5) is 20.3 Å². The number of nitrogens with zero attached hydrogens (tertiary/aromatic N) is 5. The number of aromatic nitrogens is 5. The van der Waals surface area contributed by atoms with E-state index in [2.05, 4.69) is 25.4 Å². The third-order valence-electron chi connectivity index (χ3n) is 5.68. The van der Waals surface area contributed by atoms with Crippen molar-refractivity contribution >= 4 is 22.4 Å². The number of benzene rings is 2. The summed E-state index contributed by atoms with van der Waals surface area (Å²) in [6.45, 7) is 2.52. The van der Waals surface area contributed by atoms with Crippen LogP contribution in [0, 0.1) is 11.6 Å². The van der Waals surface area contributed by atoms with Crippen molar-refractivity contribution in [2.24, 2.45) is 5.73 Å². The molecule has 2 aromatic carbocycles. The molecular formula is C27H25F2N7O2. The van der Waals surface area contributed by atoms with E-state index in [4.69, 9.17) is 15.2 Å². The maximum atomic E-state index is 14.8. The van der Waals surface area contributed by atoms with Gasteiger partial charge in [0, 0.05) is 47.7 Å². The van der Waals surface area contributed by atoms with E-state index >= 15 is 0 Å². The first-order chi connectivity index (χ1) is 18.6. The molecule has 0 aliphatic rings. The van der Waals surface area contributed by atoms with Crippen molar-refractivity contribution in [3.8, 4) is 23.0 Å². The molecule has 0 radical (unpaired) electrons. The highest BCUT2D eigenvalue weighted by molar-refractivity contribution is 5.92. The van der Waals surface area contributed by atoms with Crippen LogP contribution < -0.4 is 20.5 Å². The number of hydrogen-bond donors (Lipinski definition) is 2. The number of rotatable bonds is 10. The summed E-state index contributed by atoms with van der Waals surface area (Å²) in [5.41, 5.74) is 7.36. The van der Waals surface area contributed by atoms with Crippen molar-refractivity contribution in [3.63, 3.8) is 0 Å². The number of anilines is 2. The van der Waals surface area contributed by atoms with Gasteiger partial charge in [0.1, 0.15) is 29.7 Å². The minimum absolute atomic E-state index is 0.125. The summed E-state index contributed by atoms with van der Waals surface area (Å²) in [7, 11) is 0. The van der Waals surface area contributed by atoms with E-state index in [0.29, 0.717) is 41.8 Å². The Kier molecular flexibility index (Phi) is 7.36. The van der Waals surface area contributed by atoms with Crippen molar-refractivity contribution in [3.05, 3.63) is 84.3 Å². The van der Waals surface area contributed by atoms with Crippen LogP contribution in [-0.2, 0) is 6.54 Å². The molecule has 0 unspecified atom stereocenters. The van der Waals surface area contributed by atoms with Gasteiger partial charge >= 0.3 is 0 Å². The van der Waals surface area contributed by atoms with Gasteiger partial charge in [-0.1, -0.05) is 18.2 Å². The fraction of sp³-hybridized carbons (Fsp3) is 0.185. The fourth-order valence-electron chi connectivity index (χ4n) is 3.96. The Labute approximate surface area is 217 Å². The lowest BCUT2D eigenvalue weighted by molar-refractivity contribution is 0.327. The molecule has 0 fully saturated rings. The van der Waals surface area contributed by atoms with Crippen molar-refractivity contribution in [2.45, 2.75) is 13.5 Å². The molecule has 3 N–H and O–H groups in total. The maximum absolute atomic E-state index is 14.8. The quantitative estimate of drug-likeness (QED) is 0.274. The monoisotopic (exact) mass is 517 g/mol. The van der Waals surface area contributed by atoms with Gasteiger partial charge in [-0.15, -0.1) is 0 Å². The summed E-state index contributed by atoms with van der Waals surface area (Å²) in [4.78, 5) is 13.2. The number of fused-ring (bicyclic) bond motifs is 1. The topological polar surface area (TPSA) is 113 Å². The Balaban J connectivity index is 1.56. The Morgan fingerprint density at radius 3 is 2.53 bits per heavy atom. The second-order valence-corrected chi connectivity index (χ2v) is 8.23. The summed E-state index contributed by atoms with van der Waals surface area (Å²) in [5, 5.41) is 8.61. The van der Waals surface area contributed by atoms with Gasteiger partial charge in [0.05, 0.1) is 24.9 Å². The maximum Gasteiger partial charge on any atom is 0.183 e. The molecule has 0 atom stereocenters. The first kappa shape index (κ1) is 25.0. The molecule has 0 bridgehead atoms. The number of nitrogens with one attached hydrogen (secondary N) is 1. The van der Waals surface area contributed by atoms with E-state index in [1.165, 1.54) is 16.8 Å². The Morgan fingerprint density at radius 2 is 1.79 bits per heavy atom. The molecule has 5 aromatic rings. The molecule has 0 spiro atoms. The molecule has 0 amide bonds. The van der Waals surface area contributed by atoms with Gasteiger partial charge in [-0.25, -0.2) is 18.7 Å². The van der Waals surface area contributed by atoms with Crippen molar-refractivity contribution in [1.82, 2.24) is 24.7 Å². The van der Waals surface area contributed by atoms with Crippen molar-refractivity contribution in [1.29, 1.82) is 0 Å². The molecule has 0 saturated heterocycles. The van der Waals surface area contributed by atoms with Gasteiger partial charge in [-0.05, 0) is 25.1 Å². The number of halogens is 2. The lowest BCUT2D eigenvalue weighted by Crippen LogP contribution is -2.12. The second kappa shape index (κ2) is 11.2. The molecule has 194 valence electrons. The minimum atomic E-state index is -0.712. The summed E-state index contributed by atoms with van der Waals surface area (Å²) in [6.07, 6.45) is 4.85. The van der Waals surface area contributed by atoms with Crippen LogP contribution in [0.5, 0.6) is 11.5 Å². The fourth-order valence-corrected chi connectivity index (χ4v) is 3.96. The molecule has 0 aliphatic carbocycles. The molecule has 5 rings (SSSR count). The molecule has 11 heteroatoms.